The van der Waals surface area contributed by atoms with Crippen LogP contribution >= 0.6 is 23.1 Å². The van der Waals surface area contributed by atoms with Gasteiger partial charge in [0.1, 0.15) is 6.04 Å². The second kappa shape index (κ2) is 9.53. The number of rotatable bonds is 9. The molecule has 0 aliphatic heterocycles. The summed E-state index contributed by atoms with van der Waals surface area (Å²) in [6.45, 7) is 9.21. The number of sulfonamides is 1. The van der Waals surface area contributed by atoms with Crippen LogP contribution in [0, 0.1) is 13.8 Å². The van der Waals surface area contributed by atoms with Crippen molar-refractivity contribution in [1.29, 1.82) is 0 Å². The number of nitrogens with zero attached hydrogens (tertiary/aromatic N) is 3. The molecule has 1 atom stereocenters. The molecule has 0 fully saturated rings. The highest BCUT2D eigenvalue weighted by molar-refractivity contribution is 8.01. The van der Waals surface area contributed by atoms with Crippen LogP contribution in [0.4, 0.5) is 10.8 Å². The molecule has 0 aliphatic rings. The van der Waals surface area contributed by atoms with E-state index in [1.165, 1.54) is 27.4 Å². The van der Waals surface area contributed by atoms with Gasteiger partial charge in [-0.1, -0.05) is 42.2 Å². The first kappa shape index (κ1) is 22.4. The SMILES string of the molecule is C=CCSc1nnc(NC(=O)C(CC)N(c2cc(C)cc(C)c2)S(C)(=O)=O)s1. The van der Waals surface area contributed by atoms with Crippen molar-refractivity contribution in [2.75, 3.05) is 21.6 Å². The van der Waals surface area contributed by atoms with Gasteiger partial charge in [-0.25, -0.2) is 8.42 Å². The second-order valence-electron chi connectivity index (χ2n) is 6.29. The van der Waals surface area contributed by atoms with Gasteiger partial charge in [-0.05, 0) is 43.5 Å². The third-order valence-electron chi connectivity index (χ3n) is 3.75. The summed E-state index contributed by atoms with van der Waals surface area (Å²) in [5, 5.41) is 11.0. The topological polar surface area (TPSA) is 92.3 Å². The summed E-state index contributed by atoms with van der Waals surface area (Å²) in [5.74, 6) is 0.248. The number of aromatic nitrogens is 2. The molecule has 10 heteroatoms. The Kier molecular flexibility index (Phi) is 7.62. The number of hydrogen-bond donors (Lipinski definition) is 1. The molecule has 0 saturated carbocycles. The quantitative estimate of drug-likeness (QED) is 0.364. The van der Waals surface area contributed by atoms with Crippen LogP contribution in [0.3, 0.4) is 0 Å². The Bertz CT molecular complexity index is 936. The summed E-state index contributed by atoms with van der Waals surface area (Å²) in [6.07, 6.45) is 3.17. The molecular weight excluding hydrogens is 416 g/mol. The van der Waals surface area contributed by atoms with Crippen molar-refractivity contribution in [3.63, 3.8) is 0 Å². The number of thioether (sulfide) groups is 1. The van der Waals surface area contributed by atoms with E-state index in [2.05, 4.69) is 22.1 Å². The van der Waals surface area contributed by atoms with Gasteiger partial charge in [-0.3, -0.25) is 14.4 Å². The second-order valence-corrected chi connectivity index (χ2v) is 10.4. The van der Waals surface area contributed by atoms with Crippen molar-refractivity contribution < 1.29 is 13.2 Å². The van der Waals surface area contributed by atoms with Gasteiger partial charge in [0.15, 0.2) is 4.34 Å². The maximum atomic E-state index is 12.9. The molecule has 1 N–H and O–H groups in total. The Labute approximate surface area is 174 Å². The smallest absolute Gasteiger partial charge is 0.250 e. The standard InChI is InChI=1S/C18H24N4O3S3/c1-6-8-26-18-21-20-17(27-18)19-16(23)15(7-2)22(28(5,24)25)14-10-12(3)9-13(4)11-14/h6,9-11,15H,1,7-8H2,2-5H3,(H,19,20,23). The Hall–Kier alpha value is -1.91. The molecule has 1 amide bonds. The molecule has 0 spiro atoms. The fourth-order valence-electron chi connectivity index (χ4n) is 2.78. The summed E-state index contributed by atoms with van der Waals surface area (Å²) in [7, 11) is -3.68. The van der Waals surface area contributed by atoms with E-state index in [0.717, 1.165) is 17.4 Å². The molecule has 1 aromatic heterocycles. The number of aryl methyl sites for hydroxylation is 2. The maximum Gasteiger partial charge on any atom is 0.250 e. The molecule has 28 heavy (non-hydrogen) atoms. The van der Waals surface area contributed by atoms with Gasteiger partial charge in [0.05, 0.1) is 11.9 Å². The summed E-state index contributed by atoms with van der Waals surface area (Å²) in [4.78, 5) is 12.9. The highest BCUT2D eigenvalue weighted by atomic mass is 32.2. The average Bonchev–Trinajstić information content (AvgIpc) is 3.02. The Morgan fingerprint density at radius 3 is 2.50 bits per heavy atom. The van der Waals surface area contributed by atoms with E-state index < -0.39 is 22.0 Å². The molecule has 0 saturated heterocycles. The molecule has 2 rings (SSSR count). The van der Waals surface area contributed by atoms with Crippen molar-refractivity contribution in [2.24, 2.45) is 0 Å². The number of carbonyl (C=O) groups is 1. The lowest BCUT2D eigenvalue weighted by molar-refractivity contribution is -0.117. The van der Waals surface area contributed by atoms with Crippen LogP contribution in [-0.2, 0) is 14.8 Å². The van der Waals surface area contributed by atoms with Gasteiger partial charge in [-0.2, -0.15) is 0 Å². The monoisotopic (exact) mass is 440 g/mol. The molecule has 0 bridgehead atoms. The number of amides is 1. The largest absolute Gasteiger partial charge is 0.299 e. The highest BCUT2D eigenvalue weighted by Crippen LogP contribution is 2.28. The third kappa shape index (κ3) is 5.79. The number of nitrogens with one attached hydrogen (secondary N) is 1. The molecule has 0 aliphatic carbocycles. The first-order valence-corrected chi connectivity index (χ1v) is 12.3. The van der Waals surface area contributed by atoms with Gasteiger partial charge < -0.3 is 0 Å². The lowest BCUT2D eigenvalue weighted by Gasteiger charge is -2.30. The van der Waals surface area contributed by atoms with Crippen LogP contribution in [0.1, 0.15) is 24.5 Å². The van der Waals surface area contributed by atoms with E-state index in [1.54, 1.807) is 25.1 Å². The van der Waals surface area contributed by atoms with Crippen molar-refractivity contribution >= 4 is 49.8 Å². The van der Waals surface area contributed by atoms with Crippen LogP contribution in [0.15, 0.2) is 35.2 Å². The van der Waals surface area contributed by atoms with Crippen LogP contribution < -0.4 is 9.62 Å². The first-order chi connectivity index (χ1) is 13.2. The van der Waals surface area contributed by atoms with E-state index >= 15 is 0 Å². The zero-order valence-electron chi connectivity index (χ0n) is 16.3. The molecule has 1 heterocycles. The fraction of sp³-hybridized carbons (Fsp3) is 0.389. The zero-order chi connectivity index (χ0) is 20.9. The summed E-state index contributed by atoms with van der Waals surface area (Å²) in [6, 6.07) is 4.58. The van der Waals surface area contributed by atoms with Gasteiger partial charge in [-0.15, -0.1) is 16.8 Å². The molecule has 0 radical (unpaired) electrons. The van der Waals surface area contributed by atoms with Crippen LogP contribution in [-0.4, -0.2) is 42.6 Å². The summed E-state index contributed by atoms with van der Waals surface area (Å²) in [5.41, 5.74) is 2.32. The average molecular weight is 441 g/mol. The lowest BCUT2D eigenvalue weighted by Crippen LogP contribution is -2.47. The predicted molar refractivity (Wildman–Crippen MR) is 117 cm³/mol. The maximum absolute atomic E-state index is 12.9. The van der Waals surface area contributed by atoms with E-state index in [-0.39, 0.29) is 0 Å². The van der Waals surface area contributed by atoms with E-state index in [1.807, 2.05) is 19.9 Å². The van der Waals surface area contributed by atoms with Gasteiger partial charge in [0, 0.05) is 5.75 Å². The molecular formula is C18H24N4O3S3. The van der Waals surface area contributed by atoms with Crippen LogP contribution in [0.5, 0.6) is 0 Å². The normalized spacial score (nSPS) is 12.4. The van der Waals surface area contributed by atoms with Crippen molar-refractivity contribution in [3.05, 3.63) is 42.0 Å². The van der Waals surface area contributed by atoms with Gasteiger partial charge >= 0.3 is 0 Å². The van der Waals surface area contributed by atoms with E-state index in [4.69, 9.17) is 0 Å². The van der Waals surface area contributed by atoms with E-state index in [9.17, 15) is 13.2 Å². The first-order valence-electron chi connectivity index (χ1n) is 8.61. The van der Waals surface area contributed by atoms with E-state index in [0.29, 0.717) is 27.3 Å². The van der Waals surface area contributed by atoms with Crippen LogP contribution in [0.25, 0.3) is 0 Å². The summed E-state index contributed by atoms with van der Waals surface area (Å²) < 4.78 is 27.0. The Morgan fingerprint density at radius 1 is 1.32 bits per heavy atom. The predicted octanol–water partition coefficient (Wildman–Crippen LogP) is 3.62. The van der Waals surface area contributed by atoms with Crippen molar-refractivity contribution in [1.82, 2.24) is 10.2 Å². The third-order valence-corrected chi connectivity index (χ3v) is 6.90. The highest BCUT2D eigenvalue weighted by Gasteiger charge is 2.32. The van der Waals surface area contributed by atoms with Crippen molar-refractivity contribution in [2.45, 2.75) is 37.6 Å². The Morgan fingerprint density at radius 2 is 1.96 bits per heavy atom. The Balaban J connectivity index is 2.31. The molecule has 152 valence electrons. The molecule has 7 nitrogen and oxygen atoms in total. The minimum Gasteiger partial charge on any atom is -0.299 e. The molecule has 1 unspecified atom stereocenters. The number of benzene rings is 1. The lowest BCUT2D eigenvalue weighted by atomic mass is 10.1. The summed E-state index contributed by atoms with van der Waals surface area (Å²) >= 11 is 2.70. The van der Waals surface area contributed by atoms with Crippen molar-refractivity contribution in [3.8, 4) is 0 Å². The van der Waals surface area contributed by atoms with Crippen LogP contribution in [0.2, 0.25) is 0 Å². The number of anilines is 2. The minimum absolute atomic E-state index is 0.308. The minimum atomic E-state index is -3.68. The molecule has 2 aromatic rings. The molecule has 1 aromatic carbocycles. The number of carbonyl (C=O) groups excluding carboxylic acids is 1. The van der Waals surface area contributed by atoms with Gasteiger partial charge in [0.2, 0.25) is 21.1 Å². The fourth-order valence-corrected chi connectivity index (χ4v) is 5.49. The van der Waals surface area contributed by atoms with Gasteiger partial charge in [0.25, 0.3) is 0 Å². The zero-order valence-corrected chi connectivity index (χ0v) is 18.7. The number of hydrogen-bond acceptors (Lipinski definition) is 7.